The van der Waals surface area contributed by atoms with E-state index in [9.17, 15) is 4.79 Å². The van der Waals surface area contributed by atoms with E-state index in [1.165, 1.54) is 12.0 Å². The van der Waals surface area contributed by atoms with Crippen LogP contribution in [0.2, 0.25) is 0 Å². The molecule has 1 N–H and O–H groups in total. The summed E-state index contributed by atoms with van der Waals surface area (Å²) in [4.78, 5) is 12.3. The fraction of sp³-hybridized carbons (Fsp3) is 0.562. The van der Waals surface area contributed by atoms with Gasteiger partial charge in [0, 0.05) is 5.92 Å². The summed E-state index contributed by atoms with van der Waals surface area (Å²) in [5.41, 5.74) is 1.18. The largest absolute Gasteiger partial charge is 0.346 e. The second kappa shape index (κ2) is 5.55. The lowest BCUT2D eigenvalue weighted by molar-refractivity contribution is -0.128. The molecule has 0 aromatic heterocycles. The summed E-state index contributed by atoms with van der Waals surface area (Å²) < 4.78 is 0. The lowest BCUT2D eigenvalue weighted by atomic mass is 9.71. The summed E-state index contributed by atoms with van der Waals surface area (Å²) in [6, 6.07) is 10.4. The van der Waals surface area contributed by atoms with Gasteiger partial charge in [0.15, 0.2) is 0 Å². The molecule has 2 heteroatoms. The Morgan fingerprint density at radius 2 is 1.83 bits per heavy atom. The molecule has 0 spiro atoms. The Morgan fingerprint density at radius 3 is 2.28 bits per heavy atom. The van der Waals surface area contributed by atoms with Crippen LogP contribution < -0.4 is 5.32 Å². The van der Waals surface area contributed by atoms with E-state index in [2.05, 4.69) is 43.4 Å². The van der Waals surface area contributed by atoms with E-state index in [4.69, 9.17) is 0 Å². The zero-order valence-corrected chi connectivity index (χ0v) is 11.4. The third-order valence-electron chi connectivity index (χ3n) is 4.25. The topological polar surface area (TPSA) is 29.1 Å². The summed E-state index contributed by atoms with van der Waals surface area (Å²) in [5.74, 6) is 0.384. The van der Waals surface area contributed by atoms with Crippen molar-refractivity contribution in [3.63, 3.8) is 0 Å². The van der Waals surface area contributed by atoms with E-state index >= 15 is 0 Å². The molecular weight excluding hydrogens is 222 g/mol. The van der Waals surface area contributed by atoms with Crippen molar-refractivity contribution >= 4 is 5.91 Å². The molecule has 1 amide bonds. The molecule has 1 aliphatic carbocycles. The molecule has 0 saturated heterocycles. The molecule has 1 fully saturated rings. The minimum absolute atomic E-state index is 0.0824. The SMILES string of the molecule is CCC(CC)C(=O)NC1(c2ccccc2)CCC1. The van der Waals surface area contributed by atoms with E-state index in [-0.39, 0.29) is 17.4 Å². The number of rotatable bonds is 5. The quantitative estimate of drug-likeness (QED) is 0.843. The number of carbonyl (C=O) groups excluding carboxylic acids is 1. The van der Waals surface area contributed by atoms with Gasteiger partial charge >= 0.3 is 0 Å². The highest BCUT2D eigenvalue weighted by atomic mass is 16.2. The highest BCUT2D eigenvalue weighted by molar-refractivity contribution is 5.79. The van der Waals surface area contributed by atoms with Gasteiger partial charge in [-0.25, -0.2) is 0 Å². The zero-order valence-electron chi connectivity index (χ0n) is 11.4. The first kappa shape index (κ1) is 13.1. The van der Waals surface area contributed by atoms with Gasteiger partial charge in [0.25, 0.3) is 0 Å². The van der Waals surface area contributed by atoms with Crippen LogP contribution in [0.3, 0.4) is 0 Å². The number of carbonyl (C=O) groups is 1. The normalized spacial score (nSPS) is 17.3. The van der Waals surface area contributed by atoms with E-state index < -0.39 is 0 Å². The van der Waals surface area contributed by atoms with Gasteiger partial charge in [-0.2, -0.15) is 0 Å². The fourth-order valence-corrected chi connectivity index (χ4v) is 2.77. The molecule has 1 aliphatic rings. The lowest BCUT2D eigenvalue weighted by Crippen LogP contribution is -2.52. The Hall–Kier alpha value is -1.31. The molecule has 2 nitrogen and oxygen atoms in total. The van der Waals surface area contributed by atoms with Crippen LogP contribution in [0, 0.1) is 5.92 Å². The van der Waals surface area contributed by atoms with Gasteiger partial charge in [-0.05, 0) is 37.7 Å². The Bertz CT molecular complexity index is 391. The molecule has 0 heterocycles. The van der Waals surface area contributed by atoms with Crippen LogP contribution in [-0.4, -0.2) is 5.91 Å². The van der Waals surface area contributed by atoms with E-state index in [1.54, 1.807) is 0 Å². The summed E-state index contributed by atoms with van der Waals surface area (Å²) in [5, 5.41) is 3.31. The molecule has 2 rings (SSSR count). The van der Waals surface area contributed by atoms with Gasteiger partial charge in [0.1, 0.15) is 0 Å². The highest BCUT2D eigenvalue weighted by Gasteiger charge is 2.40. The Morgan fingerprint density at radius 1 is 1.22 bits per heavy atom. The molecule has 18 heavy (non-hydrogen) atoms. The minimum Gasteiger partial charge on any atom is -0.346 e. The maximum Gasteiger partial charge on any atom is 0.223 e. The predicted octanol–water partition coefficient (Wildman–Crippen LogP) is 3.62. The number of nitrogens with one attached hydrogen (secondary N) is 1. The van der Waals surface area contributed by atoms with E-state index in [1.807, 2.05) is 6.07 Å². The third-order valence-corrected chi connectivity index (χ3v) is 4.25. The van der Waals surface area contributed by atoms with Crippen LogP contribution in [0.1, 0.15) is 51.5 Å². The van der Waals surface area contributed by atoms with Crippen LogP contribution >= 0.6 is 0 Å². The molecule has 0 aliphatic heterocycles. The summed E-state index contributed by atoms with van der Waals surface area (Å²) >= 11 is 0. The van der Waals surface area contributed by atoms with Gasteiger partial charge < -0.3 is 5.32 Å². The van der Waals surface area contributed by atoms with Gasteiger partial charge in [0.05, 0.1) is 5.54 Å². The van der Waals surface area contributed by atoms with Crippen LogP contribution in [-0.2, 0) is 10.3 Å². The number of hydrogen-bond donors (Lipinski definition) is 1. The van der Waals surface area contributed by atoms with Crippen molar-refractivity contribution in [2.24, 2.45) is 5.92 Å². The average molecular weight is 245 g/mol. The fourth-order valence-electron chi connectivity index (χ4n) is 2.77. The number of benzene rings is 1. The molecule has 1 aromatic carbocycles. The van der Waals surface area contributed by atoms with Crippen molar-refractivity contribution < 1.29 is 4.79 Å². The summed E-state index contributed by atoms with van der Waals surface area (Å²) in [7, 11) is 0. The first-order valence-electron chi connectivity index (χ1n) is 7.09. The second-order valence-electron chi connectivity index (χ2n) is 5.30. The molecule has 0 radical (unpaired) electrons. The van der Waals surface area contributed by atoms with Crippen molar-refractivity contribution in [1.82, 2.24) is 5.32 Å². The Labute approximate surface area is 110 Å². The van der Waals surface area contributed by atoms with E-state index in [0.717, 1.165) is 25.7 Å². The molecule has 0 bridgehead atoms. The lowest BCUT2D eigenvalue weighted by Gasteiger charge is -2.43. The van der Waals surface area contributed by atoms with Crippen molar-refractivity contribution in [3.05, 3.63) is 35.9 Å². The standard InChI is InChI=1S/C16H23NO/c1-3-13(4-2)15(18)17-16(11-8-12-16)14-9-6-5-7-10-14/h5-7,9-10,13H,3-4,8,11-12H2,1-2H3,(H,17,18). The van der Waals surface area contributed by atoms with Gasteiger partial charge in [-0.15, -0.1) is 0 Å². The Balaban J connectivity index is 2.12. The zero-order chi connectivity index (χ0) is 13.0. The van der Waals surface area contributed by atoms with Crippen molar-refractivity contribution in [2.45, 2.75) is 51.5 Å². The van der Waals surface area contributed by atoms with Crippen molar-refractivity contribution in [3.8, 4) is 0 Å². The van der Waals surface area contributed by atoms with Gasteiger partial charge in [-0.3, -0.25) is 4.79 Å². The molecule has 0 atom stereocenters. The van der Waals surface area contributed by atoms with Crippen LogP contribution in [0.5, 0.6) is 0 Å². The van der Waals surface area contributed by atoms with Crippen molar-refractivity contribution in [1.29, 1.82) is 0 Å². The molecule has 0 unspecified atom stereocenters. The van der Waals surface area contributed by atoms with Gasteiger partial charge in [-0.1, -0.05) is 44.2 Å². The number of hydrogen-bond acceptors (Lipinski definition) is 1. The minimum atomic E-state index is -0.0824. The summed E-state index contributed by atoms with van der Waals surface area (Å²) in [6.07, 6.45) is 5.20. The van der Waals surface area contributed by atoms with Crippen LogP contribution in [0.25, 0.3) is 0 Å². The molecule has 1 saturated carbocycles. The third kappa shape index (κ3) is 2.43. The summed E-state index contributed by atoms with van der Waals surface area (Å²) in [6.45, 7) is 4.17. The predicted molar refractivity (Wildman–Crippen MR) is 74.2 cm³/mol. The molecular formula is C16H23NO. The maximum absolute atomic E-state index is 12.3. The van der Waals surface area contributed by atoms with Crippen LogP contribution in [0.4, 0.5) is 0 Å². The second-order valence-corrected chi connectivity index (χ2v) is 5.30. The molecule has 98 valence electrons. The monoisotopic (exact) mass is 245 g/mol. The number of amides is 1. The van der Waals surface area contributed by atoms with Crippen LogP contribution in [0.15, 0.2) is 30.3 Å². The first-order valence-corrected chi connectivity index (χ1v) is 7.09. The molecule has 1 aromatic rings. The van der Waals surface area contributed by atoms with Gasteiger partial charge in [0.2, 0.25) is 5.91 Å². The van der Waals surface area contributed by atoms with Crippen molar-refractivity contribution in [2.75, 3.05) is 0 Å². The van der Waals surface area contributed by atoms with E-state index in [0.29, 0.717) is 0 Å². The first-order chi connectivity index (χ1) is 8.72. The maximum atomic E-state index is 12.3. The Kier molecular flexibility index (Phi) is 4.05. The highest BCUT2D eigenvalue weighted by Crippen LogP contribution is 2.41. The average Bonchev–Trinajstić information content (AvgIpc) is 2.36. The smallest absolute Gasteiger partial charge is 0.223 e.